The topological polar surface area (TPSA) is 15.3 Å². The Bertz CT molecular complexity index is 417. The number of rotatable bonds is 4. The highest BCUT2D eigenvalue weighted by molar-refractivity contribution is 5.20. The van der Waals surface area contributed by atoms with Gasteiger partial charge in [0.15, 0.2) is 0 Å². The van der Waals surface area contributed by atoms with E-state index < -0.39 is 0 Å². The minimum Gasteiger partial charge on any atom is -0.307 e. The molecule has 0 radical (unpaired) electrons. The third-order valence-electron chi connectivity index (χ3n) is 4.96. The molecule has 0 saturated carbocycles. The molecule has 1 aliphatic rings. The van der Waals surface area contributed by atoms with Crippen LogP contribution in [0.4, 0.5) is 0 Å². The van der Waals surface area contributed by atoms with E-state index in [0.29, 0.717) is 23.5 Å². The van der Waals surface area contributed by atoms with Gasteiger partial charge in [-0.1, -0.05) is 65.0 Å². The summed E-state index contributed by atoms with van der Waals surface area (Å²) in [6.07, 6.45) is 2.48. The molecule has 2 rings (SSSR count). The Labute approximate surface area is 130 Å². The number of hydrogen-bond acceptors (Lipinski definition) is 2. The molecule has 0 amide bonds. The summed E-state index contributed by atoms with van der Waals surface area (Å²) >= 11 is 0. The summed E-state index contributed by atoms with van der Waals surface area (Å²) in [6, 6.07) is 12.7. The normalized spacial score (nSPS) is 24.5. The molecule has 1 saturated heterocycles. The maximum atomic E-state index is 3.78. The number of nitrogens with zero attached hydrogens (tertiary/aromatic N) is 1. The maximum absolute atomic E-state index is 3.78. The Morgan fingerprint density at radius 3 is 2.29 bits per heavy atom. The summed E-state index contributed by atoms with van der Waals surface area (Å²) in [6.45, 7) is 14.0. The summed E-state index contributed by atoms with van der Waals surface area (Å²) in [4.78, 5) is 2.77. The highest BCUT2D eigenvalue weighted by Crippen LogP contribution is 2.32. The van der Waals surface area contributed by atoms with Crippen LogP contribution < -0.4 is 5.32 Å². The van der Waals surface area contributed by atoms with Gasteiger partial charge >= 0.3 is 0 Å². The highest BCUT2D eigenvalue weighted by Gasteiger charge is 2.38. The molecule has 0 aliphatic carbocycles. The predicted molar refractivity (Wildman–Crippen MR) is 91.5 cm³/mol. The molecule has 1 heterocycles. The maximum Gasteiger partial charge on any atom is 0.0450 e. The van der Waals surface area contributed by atoms with E-state index in [0.717, 1.165) is 13.1 Å². The van der Waals surface area contributed by atoms with Gasteiger partial charge < -0.3 is 5.32 Å². The summed E-state index contributed by atoms with van der Waals surface area (Å²) in [5, 5.41) is 3.78. The quantitative estimate of drug-likeness (QED) is 0.891. The van der Waals surface area contributed by atoms with Gasteiger partial charge in [-0.2, -0.15) is 0 Å². The highest BCUT2D eigenvalue weighted by atomic mass is 15.3. The first kappa shape index (κ1) is 16.5. The number of hydrogen-bond donors (Lipinski definition) is 1. The van der Waals surface area contributed by atoms with Gasteiger partial charge in [-0.25, -0.2) is 0 Å². The van der Waals surface area contributed by atoms with E-state index in [1.807, 2.05) is 0 Å². The van der Waals surface area contributed by atoms with Gasteiger partial charge in [0.2, 0.25) is 0 Å². The lowest BCUT2D eigenvalue weighted by Crippen LogP contribution is -2.60. The molecule has 0 spiro atoms. The van der Waals surface area contributed by atoms with E-state index in [-0.39, 0.29) is 0 Å². The van der Waals surface area contributed by atoms with Crippen molar-refractivity contribution in [2.24, 2.45) is 5.41 Å². The third kappa shape index (κ3) is 3.87. The minimum atomic E-state index is 0.317. The van der Waals surface area contributed by atoms with E-state index in [9.17, 15) is 0 Å². The SMILES string of the molecule is CCC(CC)N1CC(c2ccccc2)NCC1C(C)(C)C. The molecule has 2 nitrogen and oxygen atoms in total. The van der Waals surface area contributed by atoms with Crippen LogP contribution in [0.15, 0.2) is 30.3 Å². The smallest absolute Gasteiger partial charge is 0.0450 e. The number of piperazine rings is 1. The fourth-order valence-electron chi connectivity index (χ4n) is 3.65. The van der Waals surface area contributed by atoms with Gasteiger partial charge in [0.25, 0.3) is 0 Å². The second kappa shape index (κ2) is 6.93. The fourth-order valence-corrected chi connectivity index (χ4v) is 3.65. The molecular weight excluding hydrogens is 256 g/mol. The van der Waals surface area contributed by atoms with Crippen LogP contribution in [0.25, 0.3) is 0 Å². The van der Waals surface area contributed by atoms with Gasteiger partial charge in [-0.3, -0.25) is 4.90 Å². The van der Waals surface area contributed by atoms with Crippen molar-refractivity contribution in [1.82, 2.24) is 10.2 Å². The average molecular weight is 288 g/mol. The van der Waals surface area contributed by atoms with E-state index in [1.54, 1.807) is 0 Å². The molecule has 1 fully saturated rings. The predicted octanol–water partition coefficient (Wildman–Crippen LogP) is 4.24. The van der Waals surface area contributed by atoms with Crippen molar-refractivity contribution in [1.29, 1.82) is 0 Å². The monoisotopic (exact) mass is 288 g/mol. The molecule has 0 aromatic heterocycles. The Hall–Kier alpha value is -0.860. The van der Waals surface area contributed by atoms with Crippen LogP contribution in [0.1, 0.15) is 59.1 Å². The van der Waals surface area contributed by atoms with Crippen molar-refractivity contribution in [2.45, 2.75) is 65.6 Å². The van der Waals surface area contributed by atoms with Gasteiger partial charge in [0.1, 0.15) is 0 Å². The van der Waals surface area contributed by atoms with E-state index >= 15 is 0 Å². The van der Waals surface area contributed by atoms with Crippen molar-refractivity contribution in [3.05, 3.63) is 35.9 Å². The summed E-state index contributed by atoms with van der Waals surface area (Å²) in [7, 11) is 0. The lowest BCUT2D eigenvalue weighted by atomic mass is 9.82. The third-order valence-corrected chi connectivity index (χ3v) is 4.96. The standard InChI is InChI=1S/C19H32N2/c1-6-16(7-2)21-14-17(15-11-9-8-10-12-15)20-13-18(21)19(3,4)5/h8-12,16-18,20H,6-7,13-14H2,1-5H3. The fraction of sp³-hybridized carbons (Fsp3) is 0.684. The second-order valence-corrected chi connectivity index (χ2v) is 7.42. The van der Waals surface area contributed by atoms with Crippen molar-refractivity contribution >= 4 is 0 Å². The largest absolute Gasteiger partial charge is 0.307 e. The van der Waals surface area contributed by atoms with Crippen molar-refractivity contribution in [2.75, 3.05) is 13.1 Å². The van der Waals surface area contributed by atoms with Gasteiger partial charge in [0.05, 0.1) is 0 Å². The summed E-state index contributed by atoms with van der Waals surface area (Å²) in [5.41, 5.74) is 1.73. The first-order chi connectivity index (χ1) is 9.97. The zero-order chi connectivity index (χ0) is 15.5. The second-order valence-electron chi connectivity index (χ2n) is 7.42. The zero-order valence-corrected chi connectivity index (χ0v) is 14.4. The molecule has 2 heteroatoms. The van der Waals surface area contributed by atoms with Crippen molar-refractivity contribution in [3.8, 4) is 0 Å². The lowest BCUT2D eigenvalue weighted by Gasteiger charge is -2.49. The van der Waals surface area contributed by atoms with Crippen LogP contribution in [0, 0.1) is 5.41 Å². The summed E-state index contributed by atoms with van der Waals surface area (Å²) in [5.74, 6) is 0. The summed E-state index contributed by atoms with van der Waals surface area (Å²) < 4.78 is 0. The molecular formula is C19H32N2. The van der Waals surface area contributed by atoms with Crippen LogP contribution in [0.2, 0.25) is 0 Å². The lowest BCUT2D eigenvalue weighted by molar-refractivity contribution is 0.0171. The first-order valence-corrected chi connectivity index (χ1v) is 8.51. The molecule has 2 atom stereocenters. The van der Waals surface area contributed by atoms with E-state index in [2.05, 4.69) is 75.2 Å². The minimum absolute atomic E-state index is 0.317. The van der Waals surface area contributed by atoms with Gasteiger partial charge in [-0.05, 0) is 23.8 Å². The Morgan fingerprint density at radius 2 is 1.76 bits per heavy atom. The first-order valence-electron chi connectivity index (χ1n) is 8.51. The van der Waals surface area contributed by atoms with E-state index in [1.165, 1.54) is 18.4 Å². The molecule has 118 valence electrons. The molecule has 21 heavy (non-hydrogen) atoms. The molecule has 1 N–H and O–H groups in total. The van der Waals surface area contributed by atoms with Crippen LogP contribution in [-0.4, -0.2) is 30.1 Å². The van der Waals surface area contributed by atoms with Gasteiger partial charge in [-0.15, -0.1) is 0 Å². The average Bonchev–Trinajstić information content (AvgIpc) is 2.48. The Balaban J connectivity index is 2.20. The van der Waals surface area contributed by atoms with Crippen LogP contribution in [0.5, 0.6) is 0 Å². The zero-order valence-electron chi connectivity index (χ0n) is 14.4. The van der Waals surface area contributed by atoms with Crippen molar-refractivity contribution < 1.29 is 0 Å². The molecule has 1 aromatic rings. The number of nitrogens with one attached hydrogen (secondary N) is 1. The Morgan fingerprint density at radius 1 is 1.14 bits per heavy atom. The number of benzene rings is 1. The Kier molecular flexibility index (Phi) is 5.45. The van der Waals surface area contributed by atoms with Gasteiger partial charge in [0, 0.05) is 31.2 Å². The van der Waals surface area contributed by atoms with Crippen LogP contribution in [0.3, 0.4) is 0 Å². The molecule has 1 aromatic carbocycles. The molecule has 0 bridgehead atoms. The molecule has 2 unspecified atom stereocenters. The van der Waals surface area contributed by atoms with E-state index in [4.69, 9.17) is 0 Å². The van der Waals surface area contributed by atoms with Crippen molar-refractivity contribution in [3.63, 3.8) is 0 Å². The van der Waals surface area contributed by atoms with Crippen LogP contribution >= 0.6 is 0 Å². The van der Waals surface area contributed by atoms with Crippen LogP contribution in [-0.2, 0) is 0 Å². The molecule has 1 aliphatic heterocycles.